The number of sulfonamides is 1. The normalized spacial score (nSPS) is 10.9. The van der Waals surface area contributed by atoms with Crippen molar-refractivity contribution in [2.24, 2.45) is 0 Å². The number of anilines is 1. The number of carbonyl (C=O) groups is 3. The summed E-state index contributed by atoms with van der Waals surface area (Å²) in [6, 6.07) is 20.4. The van der Waals surface area contributed by atoms with E-state index in [0.29, 0.717) is 10.6 Å². The van der Waals surface area contributed by atoms with Crippen molar-refractivity contribution in [2.75, 3.05) is 18.4 Å². The first-order valence-corrected chi connectivity index (χ1v) is 11.6. The number of amides is 2. The molecule has 0 aliphatic rings. The molecule has 0 bridgehead atoms. The lowest BCUT2D eigenvalue weighted by Crippen LogP contribution is -2.40. The topological polar surface area (TPSA) is 121 Å². The van der Waals surface area contributed by atoms with Crippen molar-refractivity contribution in [3.05, 3.63) is 95.0 Å². The van der Waals surface area contributed by atoms with Gasteiger partial charge in [0.05, 0.1) is 23.7 Å². The Morgan fingerprint density at radius 1 is 0.758 bits per heavy atom. The van der Waals surface area contributed by atoms with E-state index < -0.39 is 34.9 Å². The summed E-state index contributed by atoms with van der Waals surface area (Å²) in [7, 11) is -3.84. The number of hydrogen-bond donors (Lipinski definition) is 3. The summed E-state index contributed by atoms with van der Waals surface area (Å²) in [6.45, 7) is -0.939. The van der Waals surface area contributed by atoms with E-state index in [0.717, 1.165) is 0 Å². The maximum Gasteiger partial charge on any atom is 0.243 e. The predicted molar refractivity (Wildman–Crippen MR) is 125 cm³/mol. The van der Waals surface area contributed by atoms with Crippen molar-refractivity contribution < 1.29 is 22.8 Å². The highest BCUT2D eigenvalue weighted by molar-refractivity contribution is 7.89. The maximum atomic E-state index is 12.8. The zero-order valence-corrected chi connectivity index (χ0v) is 18.8. The SMILES string of the molecule is O=C(CNS(=O)(=O)c1ccccc1)NCC(=O)Nc1ccccc1C(=O)c1ccc(Cl)cc1. The molecule has 3 rings (SSSR count). The summed E-state index contributed by atoms with van der Waals surface area (Å²) in [5.41, 5.74) is 0.955. The largest absolute Gasteiger partial charge is 0.346 e. The Kier molecular flexibility index (Phi) is 7.94. The molecule has 0 spiro atoms. The molecule has 0 aliphatic carbocycles. The number of benzene rings is 3. The molecular weight excluding hydrogens is 466 g/mol. The molecule has 10 heteroatoms. The first-order valence-electron chi connectivity index (χ1n) is 9.77. The van der Waals surface area contributed by atoms with Gasteiger partial charge >= 0.3 is 0 Å². The minimum Gasteiger partial charge on any atom is -0.346 e. The number of ketones is 1. The van der Waals surface area contributed by atoms with Gasteiger partial charge in [-0.15, -0.1) is 0 Å². The van der Waals surface area contributed by atoms with Crippen molar-refractivity contribution in [1.82, 2.24) is 10.0 Å². The van der Waals surface area contributed by atoms with Crippen LogP contribution in [0.2, 0.25) is 5.02 Å². The van der Waals surface area contributed by atoms with E-state index in [2.05, 4.69) is 15.4 Å². The minimum absolute atomic E-state index is 0.0255. The maximum absolute atomic E-state index is 12.8. The van der Waals surface area contributed by atoms with Crippen LogP contribution in [0.4, 0.5) is 5.69 Å². The highest BCUT2D eigenvalue weighted by Gasteiger charge is 2.17. The van der Waals surface area contributed by atoms with Gasteiger partial charge in [-0.1, -0.05) is 41.9 Å². The lowest BCUT2D eigenvalue weighted by atomic mass is 10.0. The van der Waals surface area contributed by atoms with Crippen molar-refractivity contribution in [3.63, 3.8) is 0 Å². The molecule has 33 heavy (non-hydrogen) atoms. The standard InChI is InChI=1S/C23H20ClN3O5S/c24-17-12-10-16(11-13-17)23(30)19-8-4-5-9-20(19)27-22(29)14-25-21(28)15-26-33(31,32)18-6-2-1-3-7-18/h1-13,26H,14-15H2,(H,25,28)(H,27,29). The highest BCUT2D eigenvalue weighted by Crippen LogP contribution is 2.20. The molecule has 3 aromatic carbocycles. The highest BCUT2D eigenvalue weighted by atomic mass is 35.5. The quantitative estimate of drug-likeness (QED) is 0.402. The van der Waals surface area contributed by atoms with Gasteiger partial charge in [-0.2, -0.15) is 0 Å². The van der Waals surface area contributed by atoms with E-state index in [1.165, 1.54) is 12.1 Å². The number of carbonyl (C=O) groups excluding carboxylic acids is 3. The molecule has 3 aromatic rings. The number of hydrogen-bond acceptors (Lipinski definition) is 5. The Balaban J connectivity index is 1.55. The van der Waals surface area contributed by atoms with Crippen molar-refractivity contribution in [2.45, 2.75) is 4.90 Å². The summed E-state index contributed by atoms with van der Waals surface area (Å²) in [5, 5.41) is 5.42. The molecule has 0 aliphatic heterocycles. The Bertz CT molecular complexity index is 1260. The first kappa shape index (κ1) is 24.1. The molecule has 0 heterocycles. The number of rotatable bonds is 9. The molecule has 3 N–H and O–H groups in total. The van der Waals surface area contributed by atoms with Crippen LogP contribution in [0, 0.1) is 0 Å². The summed E-state index contributed by atoms with van der Waals surface area (Å²) in [6.07, 6.45) is 0. The minimum atomic E-state index is -3.84. The van der Waals surface area contributed by atoms with Gasteiger partial charge in [0.25, 0.3) is 0 Å². The Hall–Kier alpha value is -3.53. The molecule has 0 atom stereocenters. The fourth-order valence-corrected chi connectivity index (χ4v) is 3.96. The van der Waals surface area contributed by atoms with Gasteiger partial charge in [-0.05, 0) is 48.5 Å². The molecule has 0 aromatic heterocycles. The van der Waals surface area contributed by atoms with E-state index in [9.17, 15) is 22.8 Å². The van der Waals surface area contributed by atoms with Crippen LogP contribution in [0.1, 0.15) is 15.9 Å². The van der Waals surface area contributed by atoms with Gasteiger partial charge in [-0.3, -0.25) is 14.4 Å². The molecular formula is C23H20ClN3O5S. The van der Waals surface area contributed by atoms with Crippen molar-refractivity contribution >= 4 is 44.9 Å². The summed E-state index contributed by atoms with van der Waals surface area (Å²) in [4.78, 5) is 37.1. The van der Waals surface area contributed by atoms with E-state index in [1.807, 2.05) is 0 Å². The summed E-state index contributed by atoms with van der Waals surface area (Å²) < 4.78 is 26.5. The van der Waals surface area contributed by atoms with E-state index in [-0.39, 0.29) is 21.9 Å². The van der Waals surface area contributed by atoms with Gasteiger partial charge in [0, 0.05) is 16.1 Å². The van der Waals surface area contributed by atoms with Gasteiger partial charge in [0.2, 0.25) is 21.8 Å². The van der Waals surface area contributed by atoms with Crippen LogP contribution in [-0.2, 0) is 19.6 Å². The fraction of sp³-hybridized carbons (Fsp3) is 0.0870. The number of halogens is 1. The first-order chi connectivity index (χ1) is 15.8. The zero-order chi connectivity index (χ0) is 23.8. The van der Waals surface area contributed by atoms with Gasteiger partial charge < -0.3 is 10.6 Å². The summed E-state index contributed by atoms with van der Waals surface area (Å²) >= 11 is 5.86. The van der Waals surface area contributed by atoms with E-state index in [1.54, 1.807) is 66.7 Å². The van der Waals surface area contributed by atoms with Crippen LogP contribution < -0.4 is 15.4 Å². The van der Waals surface area contributed by atoms with Crippen molar-refractivity contribution in [3.8, 4) is 0 Å². The second kappa shape index (κ2) is 10.9. The van der Waals surface area contributed by atoms with Crippen LogP contribution in [-0.4, -0.2) is 39.1 Å². The smallest absolute Gasteiger partial charge is 0.243 e. The molecule has 8 nitrogen and oxygen atoms in total. The molecule has 0 fully saturated rings. The second-order valence-corrected chi connectivity index (χ2v) is 9.05. The third-order valence-electron chi connectivity index (χ3n) is 4.47. The lowest BCUT2D eigenvalue weighted by Gasteiger charge is -2.11. The lowest BCUT2D eigenvalue weighted by molar-refractivity contribution is -0.123. The molecule has 0 radical (unpaired) electrons. The Morgan fingerprint density at radius 2 is 1.39 bits per heavy atom. The summed E-state index contributed by atoms with van der Waals surface area (Å²) in [5.74, 6) is -1.57. The van der Waals surface area contributed by atoms with Crippen LogP contribution in [0.5, 0.6) is 0 Å². The molecule has 170 valence electrons. The van der Waals surface area contributed by atoms with E-state index in [4.69, 9.17) is 11.6 Å². The van der Waals surface area contributed by atoms with Crippen molar-refractivity contribution in [1.29, 1.82) is 0 Å². The average Bonchev–Trinajstić information content (AvgIpc) is 2.82. The molecule has 0 unspecified atom stereocenters. The molecule has 2 amide bonds. The monoisotopic (exact) mass is 485 g/mol. The van der Waals surface area contributed by atoms with Crippen LogP contribution in [0.15, 0.2) is 83.8 Å². The number of para-hydroxylation sites is 1. The van der Waals surface area contributed by atoms with Crippen LogP contribution in [0.25, 0.3) is 0 Å². The Morgan fingerprint density at radius 3 is 2.09 bits per heavy atom. The van der Waals surface area contributed by atoms with Gasteiger partial charge in [0.15, 0.2) is 5.78 Å². The second-order valence-electron chi connectivity index (χ2n) is 6.84. The zero-order valence-electron chi connectivity index (χ0n) is 17.2. The van der Waals surface area contributed by atoms with E-state index >= 15 is 0 Å². The average molecular weight is 486 g/mol. The van der Waals surface area contributed by atoms with Gasteiger partial charge in [-0.25, -0.2) is 13.1 Å². The van der Waals surface area contributed by atoms with Gasteiger partial charge in [0.1, 0.15) is 0 Å². The predicted octanol–water partition coefficient (Wildman–Crippen LogP) is 2.60. The third kappa shape index (κ3) is 6.72. The number of nitrogens with one attached hydrogen (secondary N) is 3. The fourth-order valence-electron chi connectivity index (χ4n) is 2.83. The third-order valence-corrected chi connectivity index (χ3v) is 6.14. The van der Waals surface area contributed by atoms with Crippen LogP contribution >= 0.6 is 11.6 Å². The van der Waals surface area contributed by atoms with Crippen LogP contribution in [0.3, 0.4) is 0 Å². The molecule has 0 saturated carbocycles. The Labute approximate surface area is 196 Å². The molecule has 0 saturated heterocycles.